The van der Waals surface area contributed by atoms with E-state index in [4.69, 9.17) is 5.26 Å². The summed E-state index contributed by atoms with van der Waals surface area (Å²) in [6.45, 7) is 4.05. The van der Waals surface area contributed by atoms with Crippen LogP contribution in [0.5, 0.6) is 0 Å². The van der Waals surface area contributed by atoms with Crippen LogP contribution in [-0.4, -0.2) is 11.5 Å². The molecule has 0 amide bonds. The molecular formula is C17H17N3. The molecule has 2 aromatic rings. The number of benzene rings is 1. The molecule has 0 N–H and O–H groups in total. The highest BCUT2D eigenvalue weighted by molar-refractivity contribution is 5.57. The van der Waals surface area contributed by atoms with Gasteiger partial charge in [-0.1, -0.05) is 17.7 Å². The van der Waals surface area contributed by atoms with Gasteiger partial charge in [-0.25, -0.2) is 4.98 Å². The minimum atomic E-state index is 0.489. The lowest BCUT2D eigenvalue weighted by atomic mass is 9.99. The molecule has 3 heteroatoms. The van der Waals surface area contributed by atoms with Crippen molar-refractivity contribution in [2.45, 2.75) is 26.3 Å². The first-order chi connectivity index (χ1) is 9.76. The maximum atomic E-state index is 8.93. The van der Waals surface area contributed by atoms with E-state index in [1.165, 1.54) is 23.2 Å². The van der Waals surface area contributed by atoms with Gasteiger partial charge in [-0.3, -0.25) is 0 Å². The van der Waals surface area contributed by atoms with Gasteiger partial charge in [0, 0.05) is 25.0 Å². The van der Waals surface area contributed by atoms with Crippen LogP contribution in [0.3, 0.4) is 0 Å². The van der Waals surface area contributed by atoms with E-state index in [2.05, 4.69) is 41.1 Å². The number of fused-ring (bicyclic) bond motifs is 1. The zero-order chi connectivity index (χ0) is 13.9. The van der Waals surface area contributed by atoms with Crippen molar-refractivity contribution in [1.29, 1.82) is 5.26 Å². The summed E-state index contributed by atoms with van der Waals surface area (Å²) in [4.78, 5) is 6.42. The molecule has 1 aromatic heterocycles. The number of anilines is 1. The Labute approximate surface area is 119 Å². The maximum absolute atomic E-state index is 8.93. The lowest BCUT2D eigenvalue weighted by Crippen LogP contribution is -2.28. The number of nitrogens with zero attached hydrogens (tertiary/aromatic N) is 3. The normalized spacial score (nSPS) is 13.7. The zero-order valence-corrected chi connectivity index (χ0v) is 11.6. The van der Waals surface area contributed by atoms with Gasteiger partial charge in [0.05, 0.1) is 0 Å². The quantitative estimate of drug-likeness (QED) is 0.835. The first-order valence-electron chi connectivity index (χ1n) is 6.96. The summed E-state index contributed by atoms with van der Waals surface area (Å²) in [7, 11) is 0. The Hall–Kier alpha value is -2.34. The van der Waals surface area contributed by atoms with Gasteiger partial charge < -0.3 is 4.90 Å². The monoisotopic (exact) mass is 263 g/mol. The molecule has 0 saturated heterocycles. The lowest BCUT2D eigenvalue weighted by molar-refractivity contribution is 0.690. The van der Waals surface area contributed by atoms with Gasteiger partial charge in [0.15, 0.2) is 0 Å². The van der Waals surface area contributed by atoms with Crippen molar-refractivity contribution in [3.63, 3.8) is 0 Å². The standard InChI is InChI=1S/C17H17N3/c1-13-4-5-17-15(9-13)3-2-8-20(17)12-14-6-7-19-16(10-14)11-18/h4-7,9-10H,2-3,8,12H2,1H3. The summed E-state index contributed by atoms with van der Waals surface area (Å²) in [5.41, 5.74) is 5.72. The molecule has 3 rings (SSSR count). The van der Waals surface area contributed by atoms with Gasteiger partial charge in [0.2, 0.25) is 0 Å². The van der Waals surface area contributed by atoms with Gasteiger partial charge in [0.1, 0.15) is 11.8 Å². The van der Waals surface area contributed by atoms with Crippen LogP contribution in [-0.2, 0) is 13.0 Å². The maximum Gasteiger partial charge on any atom is 0.140 e. The summed E-state index contributed by atoms with van der Waals surface area (Å²) in [5, 5.41) is 8.93. The molecule has 0 spiro atoms. The van der Waals surface area contributed by atoms with E-state index in [9.17, 15) is 0 Å². The molecule has 0 unspecified atom stereocenters. The lowest BCUT2D eigenvalue weighted by Gasteiger charge is -2.31. The Balaban J connectivity index is 1.88. The minimum absolute atomic E-state index is 0.489. The molecule has 100 valence electrons. The van der Waals surface area contributed by atoms with Gasteiger partial charge in [0.25, 0.3) is 0 Å². The SMILES string of the molecule is Cc1ccc2c(c1)CCCN2Cc1ccnc(C#N)c1. The van der Waals surface area contributed by atoms with E-state index >= 15 is 0 Å². The second-order valence-corrected chi connectivity index (χ2v) is 5.32. The predicted molar refractivity (Wildman–Crippen MR) is 79.5 cm³/mol. The zero-order valence-electron chi connectivity index (χ0n) is 11.6. The average molecular weight is 263 g/mol. The number of hydrogen-bond acceptors (Lipinski definition) is 3. The minimum Gasteiger partial charge on any atom is -0.367 e. The smallest absolute Gasteiger partial charge is 0.140 e. The predicted octanol–water partition coefficient (Wildman–Crippen LogP) is 3.21. The third-order valence-electron chi connectivity index (χ3n) is 3.76. The fourth-order valence-corrected chi connectivity index (χ4v) is 2.82. The van der Waals surface area contributed by atoms with Crippen molar-refractivity contribution in [2.24, 2.45) is 0 Å². The van der Waals surface area contributed by atoms with Crippen LogP contribution in [0.15, 0.2) is 36.5 Å². The highest BCUT2D eigenvalue weighted by atomic mass is 15.1. The van der Waals surface area contributed by atoms with E-state index in [-0.39, 0.29) is 0 Å². The third-order valence-corrected chi connectivity index (χ3v) is 3.76. The summed E-state index contributed by atoms with van der Waals surface area (Å²) in [6, 6.07) is 12.6. The first-order valence-corrected chi connectivity index (χ1v) is 6.96. The second-order valence-electron chi connectivity index (χ2n) is 5.32. The Bertz CT molecular complexity index is 670. The van der Waals surface area contributed by atoms with E-state index in [0.717, 1.165) is 25.1 Å². The van der Waals surface area contributed by atoms with Gasteiger partial charge in [-0.15, -0.1) is 0 Å². The van der Waals surface area contributed by atoms with E-state index < -0.39 is 0 Å². The van der Waals surface area contributed by atoms with Crippen LogP contribution < -0.4 is 4.90 Å². The van der Waals surface area contributed by atoms with Crippen molar-refractivity contribution in [3.05, 3.63) is 58.9 Å². The van der Waals surface area contributed by atoms with Crippen molar-refractivity contribution in [1.82, 2.24) is 4.98 Å². The van der Waals surface area contributed by atoms with E-state index in [0.29, 0.717) is 5.69 Å². The van der Waals surface area contributed by atoms with Gasteiger partial charge in [-0.05, 0) is 49.1 Å². The summed E-state index contributed by atoms with van der Waals surface area (Å²) in [6.07, 6.45) is 4.06. The molecule has 0 atom stereocenters. The topological polar surface area (TPSA) is 39.9 Å². The van der Waals surface area contributed by atoms with Crippen LogP contribution >= 0.6 is 0 Å². The van der Waals surface area contributed by atoms with Crippen molar-refractivity contribution in [2.75, 3.05) is 11.4 Å². The molecule has 1 aromatic carbocycles. The van der Waals surface area contributed by atoms with E-state index in [1.54, 1.807) is 6.20 Å². The average Bonchev–Trinajstić information content (AvgIpc) is 2.47. The fraction of sp³-hybridized carbons (Fsp3) is 0.294. The molecule has 0 saturated carbocycles. The van der Waals surface area contributed by atoms with Crippen LogP contribution in [0.1, 0.15) is 28.8 Å². The van der Waals surface area contributed by atoms with Crippen LogP contribution in [0.25, 0.3) is 0 Å². The number of aryl methyl sites for hydroxylation is 2. The first kappa shape index (κ1) is 12.7. The van der Waals surface area contributed by atoms with Crippen LogP contribution in [0.4, 0.5) is 5.69 Å². The molecule has 0 aliphatic carbocycles. The molecular weight excluding hydrogens is 246 g/mol. The molecule has 1 aliphatic rings. The summed E-state index contributed by atoms with van der Waals surface area (Å²) >= 11 is 0. The number of rotatable bonds is 2. The molecule has 1 aliphatic heterocycles. The third kappa shape index (κ3) is 2.50. The van der Waals surface area contributed by atoms with Crippen molar-refractivity contribution < 1.29 is 0 Å². The highest BCUT2D eigenvalue weighted by Gasteiger charge is 2.17. The number of pyridine rings is 1. The number of hydrogen-bond donors (Lipinski definition) is 0. The van der Waals surface area contributed by atoms with Crippen molar-refractivity contribution >= 4 is 5.69 Å². The summed E-state index contributed by atoms with van der Waals surface area (Å²) in [5.74, 6) is 0. The van der Waals surface area contributed by atoms with Gasteiger partial charge >= 0.3 is 0 Å². The van der Waals surface area contributed by atoms with Gasteiger partial charge in [-0.2, -0.15) is 5.26 Å². The molecule has 20 heavy (non-hydrogen) atoms. The molecule has 2 heterocycles. The molecule has 0 radical (unpaired) electrons. The second kappa shape index (κ2) is 5.34. The largest absolute Gasteiger partial charge is 0.367 e. The Morgan fingerprint density at radius 1 is 1.30 bits per heavy atom. The highest BCUT2D eigenvalue weighted by Crippen LogP contribution is 2.29. The molecule has 3 nitrogen and oxygen atoms in total. The fourth-order valence-electron chi connectivity index (χ4n) is 2.82. The van der Waals surface area contributed by atoms with Crippen LogP contribution in [0.2, 0.25) is 0 Å². The van der Waals surface area contributed by atoms with Crippen molar-refractivity contribution in [3.8, 4) is 6.07 Å². The molecule has 0 fully saturated rings. The van der Waals surface area contributed by atoms with E-state index in [1.807, 2.05) is 12.1 Å². The number of aromatic nitrogens is 1. The summed E-state index contributed by atoms with van der Waals surface area (Å²) < 4.78 is 0. The Morgan fingerprint density at radius 3 is 3.05 bits per heavy atom. The molecule has 0 bridgehead atoms. The number of nitriles is 1. The van der Waals surface area contributed by atoms with Crippen LogP contribution in [0, 0.1) is 18.3 Å². The Morgan fingerprint density at radius 2 is 2.20 bits per heavy atom. The Kier molecular flexibility index (Phi) is 3.39.